The number of halogens is 1. The van der Waals surface area contributed by atoms with E-state index in [1.165, 1.54) is 0 Å². The number of carbonyl (C=O) groups excluding carboxylic acids is 1. The standard InChI is InChI=1S/C14H13IN2O2/c1-19-13-7-6-11(8-12(13)16)17-14(18)9-2-4-10(15)5-3-9/h2-8H,16H2,1H3,(H,17,18). The first kappa shape index (κ1) is 13.7. The summed E-state index contributed by atoms with van der Waals surface area (Å²) in [7, 11) is 1.55. The lowest BCUT2D eigenvalue weighted by Gasteiger charge is -2.09. The molecule has 4 nitrogen and oxygen atoms in total. The van der Waals surface area contributed by atoms with Crippen molar-refractivity contribution in [1.29, 1.82) is 0 Å². The van der Waals surface area contributed by atoms with Gasteiger partial charge in [0.15, 0.2) is 0 Å². The van der Waals surface area contributed by atoms with E-state index in [1.54, 1.807) is 37.4 Å². The Kier molecular flexibility index (Phi) is 4.26. The molecule has 0 atom stereocenters. The van der Waals surface area contributed by atoms with Gasteiger partial charge in [-0.15, -0.1) is 0 Å². The number of nitrogens with one attached hydrogen (secondary N) is 1. The number of hydrogen-bond donors (Lipinski definition) is 2. The number of benzene rings is 2. The second-order valence-electron chi connectivity index (χ2n) is 3.92. The van der Waals surface area contributed by atoms with Crippen LogP contribution in [-0.4, -0.2) is 13.0 Å². The number of ether oxygens (including phenoxy) is 1. The Morgan fingerprint density at radius 1 is 1.21 bits per heavy atom. The van der Waals surface area contributed by atoms with Crippen molar-refractivity contribution in [1.82, 2.24) is 0 Å². The van der Waals surface area contributed by atoms with Gasteiger partial charge in [-0.05, 0) is 65.1 Å². The average molecular weight is 368 g/mol. The molecule has 3 N–H and O–H groups in total. The summed E-state index contributed by atoms with van der Waals surface area (Å²) in [6.07, 6.45) is 0. The molecule has 0 unspecified atom stereocenters. The van der Waals surface area contributed by atoms with Gasteiger partial charge < -0.3 is 15.8 Å². The molecule has 0 aliphatic carbocycles. The van der Waals surface area contributed by atoms with Crippen molar-refractivity contribution < 1.29 is 9.53 Å². The van der Waals surface area contributed by atoms with Crippen molar-refractivity contribution in [3.8, 4) is 5.75 Å². The predicted molar refractivity (Wildman–Crippen MR) is 84.5 cm³/mol. The number of methoxy groups -OCH3 is 1. The topological polar surface area (TPSA) is 64.3 Å². The highest BCUT2D eigenvalue weighted by Gasteiger charge is 2.07. The lowest BCUT2D eigenvalue weighted by Crippen LogP contribution is -2.12. The van der Waals surface area contributed by atoms with E-state index in [0.29, 0.717) is 22.7 Å². The molecule has 0 heterocycles. The van der Waals surface area contributed by atoms with Crippen LogP contribution >= 0.6 is 22.6 Å². The molecule has 0 saturated carbocycles. The van der Waals surface area contributed by atoms with Crippen molar-refractivity contribution in [3.05, 3.63) is 51.6 Å². The molecule has 0 aliphatic rings. The first-order chi connectivity index (χ1) is 9.10. The van der Waals surface area contributed by atoms with Gasteiger partial charge in [0, 0.05) is 14.8 Å². The second-order valence-corrected chi connectivity index (χ2v) is 5.16. The fourth-order valence-corrected chi connectivity index (χ4v) is 1.98. The summed E-state index contributed by atoms with van der Waals surface area (Å²) in [4.78, 5) is 12.0. The molecule has 0 radical (unpaired) electrons. The van der Waals surface area contributed by atoms with Crippen molar-refractivity contribution in [2.75, 3.05) is 18.2 Å². The number of nitrogen functional groups attached to an aromatic ring is 1. The highest BCUT2D eigenvalue weighted by Crippen LogP contribution is 2.24. The van der Waals surface area contributed by atoms with Crippen LogP contribution in [0.3, 0.4) is 0 Å². The number of rotatable bonds is 3. The van der Waals surface area contributed by atoms with Crippen LogP contribution in [0.2, 0.25) is 0 Å². The Labute approximate surface area is 125 Å². The summed E-state index contributed by atoms with van der Waals surface area (Å²) >= 11 is 2.19. The average Bonchev–Trinajstić information content (AvgIpc) is 2.39. The Morgan fingerprint density at radius 3 is 2.47 bits per heavy atom. The summed E-state index contributed by atoms with van der Waals surface area (Å²) in [5.41, 5.74) is 7.52. The summed E-state index contributed by atoms with van der Waals surface area (Å²) in [6, 6.07) is 12.5. The van der Waals surface area contributed by atoms with Gasteiger partial charge in [0.25, 0.3) is 5.91 Å². The van der Waals surface area contributed by atoms with Gasteiger partial charge in [0.2, 0.25) is 0 Å². The van der Waals surface area contributed by atoms with E-state index in [2.05, 4.69) is 27.9 Å². The van der Waals surface area contributed by atoms with Crippen LogP contribution in [0.4, 0.5) is 11.4 Å². The maximum atomic E-state index is 12.0. The van der Waals surface area contributed by atoms with E-state index in [4.69, 9.17) is 10.5 Å². The zero-order valence-electron chi connectivity index (χ0n) is 10.3. The quantitative estimate of drug-likeness (QED) is 0.646. The fourth-order valence-electron chi connectivity index (χ4n) is 1.62. The van der Waals surface area contributed by atoms with E-state index < -0.39 is 0 Å². The van der Waals surface area contributed by atoms with E-state index in [0.717, 1.165) is 3.57 Å². The monoisotopic (exact) mass is 368 g/mol. The van der Waals surface area contributed by atoms with E-state index in [-0.39, 0.29) is 5.91 Å². The van der Waals surface area contributed by atoms with Crippen molar-refractivity contribution >= 4 is 39.9 Å². The number of anilines is 2. The number of nitrogens with two attached hydrogens (primary N) is 1. The molecule has 0 bridgehead atoms. The SMILES string of the molecule is COc1ccc(NC(=O)c2ccc(I)cc2)cc1N. The fraction of sp³-hybridized carbons (Fsp3) is 0.0714. The van der Waals surface area contributed by atoms with E-state index in [1.807, 2.05) is 12.1 Å². The van der Waals surface area contributed by atoms with Crippen LogP contribution < -0.4 is 15.8 Å². The smallest absolute Gasteiger partial charge is 0.255 e. The molecule has 19 heavy (non-hydrogen) atoms. The molecule has 0 fully saturated rings. The first-order valence-electron chi connectivity index (χ1n) is 5.60. The molecular formula is C14H13IN2O2. The molecule has 5 heteroatoms. The lowest BCUT2D eigenvalue weighted by molar-refractivity contribution is 0.102. The molecule has 2 aromatic rings. The Bertz CT molecular complexity index is 597. The lowest BCUT2D eigenvalue weighted by atomic mass is 10.2. The van der Waals surface area contributed by atoms with Crippen LogP contribution in [0.1, 0.15) is 10.4 Å². The summed E-state index contributed by atoms with van der Waals surface area (Å²) in [5, 5.41) is 2.79. The minimum atomic E-state index is -0.166. The van der Waals surface area contributed by atoms with Gasteiger partial charge in [-0.1, -0.05) is 0 Å². The molecule has 2 rings (SSSR count). The highest BCUT2D eigenvalue weighted by atomic mass is 127. The normalized spacial score (nSPS) is 10.0. The first-order valence-corrected chi connectivity index (χ1v) is 6.68. The molecule has 0 saturated heterocycles. The molecule has 1 amide bonds. The molecular weight excluding hydrogens is 355 g/mol. The summed E-state index contributed by atoms with van der Waals surface area (Å²) in [6.45, 7) is 0. The molecule has 98 valence electrons. The molecule has 0 aromatic heterocycles. The van der Waals surface area contributed by atoms with Crippen LogP contribution in [0, 0.1) is 3.57 Å². The maximum absolute atomic E-state index is 12.0. The Morgan fingerprint density at radius 2 is 1.89 bits per heavy atom. The minimum Gasteiger partial charge on any atom is -0.495 e. The van der Waals surface area contributed by atoms with Gasteiger partial charge in [-0.25, -0.2) is 0 Å². The Hall–Kier alpha value is -1.76. The zero-order valence-corrected chi connectivity index (χ0v) is 12.5. The molecule has 0 aliphatic heterocycles. The minimum absolute atomic E-state index is 0.166. The molecule has 2 aromatic carbocycles. The third-order valence-electron chi connectivity index (χ3n) is 2.59. The van der Waals surface area contributed by atoms with Crippen LogP contribution in [0.5, 0.6) is 5.75 Å². The number of amides is 1. The van der Waals surface area contributed by atoms with Crippen molar-refractivity contribution in [3.63, 3.8) is 0 Å². The second kappa shape index (κ2) is 5.92. The number of carbonyl (C=O) groups is 1. The molecule has 0 spiro atoms. The van der Waals surface area contributed by atoms with Gasteiger partial charge >= 0.3 is 0 Å². The third-order valence-corrected chi connectivity index (χ3v) is 3.31. The summed E-state index contributed by atoms with van der Waals surface area (Å²) < 4.78 is 6.15. The number of hydrogen-bond acceptors (Lipinski definition) is 3. The predicted octanol–water partition coefficient (Wildman–Crippen LogP) is 3.13. The van der Waals surface area contributed by atoms with Gasteiger partial charge in [0.05, 0.1) is 12.8 Å². The largest absolute Gasteiger partial charge is 0.495 e. The van der Waals surface area contributed by atoms with Gasteiger partial charge in [0.1, 0.15) is 5.75 Å². The maximum Gasteiger partial charge on any atom is 0.255 e. The van der Waals surface area contributed by atoms with Crippen molar-refractivity contribution in [2.45, 2.75) is 0 Å². The van der Waals surface area contributed by atoms with Gasteiger partial charge in [-0.3, -0.25) is 4.79 Å². The van der Waals surface area contributed by atoms with Crippen molar-refractivity contribution in [2.24, 2.45) is 0 Å². The van der Waals surface area contributed by atoms with Gasteiger partial charge in [-0.2, -0.15) is 0 Å². The van der Waals surface area contributed by atoms with Crippen LogP contribution in [0.15, 0.2) is 42.5 Å². The highest BCUT2D eigenvalue weighted by molar-refractivity contribution is 14.1. The zero-order chi connectivity index (χ0) is 13.8. The van der Waals surface area contributed by atoms with E-state index in [9.17, 15) is 4.79 Å². The Balaban J connectivity index is 2.14. The van der Waals surface area contributed by atoms with Crippen LogP contribution in [-0.2, 0) is 0 Å². The van der Waals surface area contributed by atoms with Crippen LogP contribution in [0.25, 0.3) is 0 Å². The third kappa shape index (κ3) is 3.37. The van der Waals surface area contributed by atoms with E-state index >= 15 is 0 Å². The summed E-state index contributed by atoms with van der Waals surface area (Å²) in [5.74, 6) is 0.424.